The van der Waals surface area contributed by atoms with Crippen LogP contribution in [-0.4, -0.2) is 24.4 Å². The third-order valence-electron chi connectivity index (χ3n) is 3.26. The van der Waals surface area contributed by atoms with Gasteiger partial charge in [-0.05, 0) is 49.8 Å². The predicted molar refractivity (Wildman–Crippen MR) is 95.0 cm³/mol. The zero-order valence-corrected chi connectivity index (χ0v) is 14.3. The molecule has 2 amide bonds. The number of hydrogen-bond donors (Lipinski definition) is 2. The largest absolute Gasteiger partial charge is 0.355 e. The second kappa shape index (κ2) is 8.40. The van der Waals surface area contributed by atoms with Crippen LogP contribution >= 0.6 is 11.3 Å². The van der Waals surface area contributed by atoms with Crippen molar-refractivity contribution in [1.82, 2.24) is 10.6 Å². The van der Waals surface area contributed by atoms with E-state index < -0.39 is 6.04 Å². The highest BCUT2D eigenvalue weighted by atomic mass is 32.1. The van der Waals surface area contributed by atoms with Gasteiger partial charge in [-0.1, -0.05) is 12.1 Å². The third-order valence-corrected chi connectivity index (χ3v) is 4.36. The van der Waals surface area contributed by atoms with Crippen LogP contribution in [0.15, 0.2) is 42.5 Å². The Labute approximate surface area is 144 Å². The van der Waals surface area contributed by atoms with Crippen molar-refractivity contribution in [2.45, 2.75) is 19.9 Å². The first-order valence-corrected chi connectivity index (χ1v) is 8.43. The van der Waals surface area contributed by atoms with Crippen molar-refractivity contribution in [3.8, 4) is 10.4 Å². The number of amides is 2. The van der Waals surface area contributed by atoms with Crippen LogP contribution in [0.25, 0.3) is 16.5 Å². The molecule has 0 aliphatic carbocycles. The van der Waals surface area contributed by atoms with Crippen LogP contribution in [0, 0.1) is 5.82 Å². The molecule has 0 saturated carbocycles. The summed E-state index contributed by atoms with van der Waals surface area (Å²) < 4.78 is 12.9. The van der Waals surface area contributed by atoms with Crippen LogP contribution in [0.1, 0.15) is 18.7 Å². The first kappa shape index (κ1) is 17.9. The van der Waals surface area contributed by atoms with Crippen LogP contribution in [0.5, 0.6) is 0 Å². The van der Waals surface area contributed by atoms with Gasteiger partial charge in [0.2, 0.25) is 11.8 Å². The molecule has 1 aromatic heterocycles. The molecule has 1 unspecified atom stereocenters. The molecule has 1 aromatic carbocycles. The summed E-state index contributed by atoms with van der Waals surface area (Å²) in [4.78, 5) is 25.3. The lowest BCUT2D eigenvalue weighted by atomic mass is 10.2. The second-order valence-electron chi connectivity index (χ2n) is 5.17. The standard InChI is InChI=1S/C18H19FN2O2S/c1-3-20-18(23)12(2)21-17(22)11-9-15-8-10-16(24-15)13-4-6-14(19)7-5-13/h4-12H,3H2,1-2H3,(H,20,23)(H,21,22). The van der Waals surface area contributed by atoms with Crippen molar-refractivity contribution in [1.29, 1.82) is 0 Å². The molecular weight excluding hydrogens is 327 g/mol. The van der Waals surface area contributed by atoms with E-state index in [9.17, 15) is 14.0 Å². The van der Waals surface area contributed by atoms with Gasteiger partial charge in [0.15, 0.2) is 0 Å². The number of carbonyl (C=O) groups excluding carboxylic acids is 2. The third kappa shape index (κ3) is 5.03. The zero-order chi connectivity index (χ0) is 17.5. The van der Waals surface area contributed by atoms with Crippen molar-refractivity contribution in [3.63, 3.8) is 0 Å². The van der Waals surface area contributed by atoms with Gasteiger partial charge in [-0.25, -0.2) is 4.39 Å². The van der Waals surface area contributed by atoms with Gasteiger partial charge in [-0.2, -0.15) is 0 Å². The smallest absolute Gasteiger partial charge is 0.244 e. The normalized spacial score (nSPS) is 12.1. The minimum Gasteiger partial charge on any atom is -0.355 e. The molecule has 0 bridgehead atoms. The van der Waals surface area contributed by atoms with Crippen molar-refractivity contribution >= 4 is 29.2 Å². The maximum absolute atomic E-state index is 12.9. The molecule has 2 N–H and O–H groups in total. The molecule has 126 valence electrons. The van der Waals surface area contributed by atoms with Crippen LogP contribution in [0.3, 0.4) is 0 Å². The average molecular weight is 346 g/mol. The monoisotopic (exact) mass is 346 g/mol. The lowest BCUT2D eigenvalue weighted by Gasteiger charge is -2.11. The fourth-order valence-electron chi connectivity index (χ4n) is 2.02. The molecule has 0 saturated heterocycles. The van der Waals surface area contributed by atoms with Crippen LogP contribution in [0.4, 0.5) is 4.39 Å². The van der Waals surface area contributed by atoms with Crippen LogP contribution < -0.4 is 10.6 Å². The Bertz CT molecular complexity index is 738. The van der Waals surface area contributed by atoms with Crippen molar-refractivity contribution in [2.24, 2.45) is 0 Å². The number of hydrogen-bond acceptors (Lipinski definition) is 3. The van der Waals surface area contributed by atoms with Gasteiger partial charge in [-0.3, -0.25) is 9.59 Å². The lowest BCUT2D eigenvalue weighted by molar-refractivity contribution is -0.126. The van der Waals surface area contributed by atoms with Gasteiger partial charge in [0, 0.05) is 22.4 Å². The lowest BCUT2D eigenvalue weighted by Crippen LogP contribution is -2.44. The fourth-order valence-corrected chi connectivity index (χ4v) is 2.94. The van der Waals surface area contributed by atoms with E-state index in [1.807, 2.05) is 19.1 Å². The van der Waals surface area contributed by atoms with Crippen molar-refractivity contribution in [3.05, 3.63) is 53.2 Å². The summed E-state index contributed by atoms with van der Waals surface area (Å²) in [5, 5.41) is 5.25. The Morgan fingerprint density at radius 3 is 2.58 bits per heavy atom. The molecule has 6 heteroatoms. The number of halogens is 1. The summed E-state index contributed by atoms with van der Waals surface area (Å²) in [5.74, 6) is -0.812. The molecule has 0 fully saturated rings. The van der Waals surface area contributed by atoms with Crippen LogP contribution in [-0.2, 0) is 9.59 Å². The second-order valence-corrected chi connectivity index (χ2v) is 6.28. The summed E-state index contributed by atoms with van der Waals surface area (Å²) >= 11 is 1.50. The minimum atomic E-state index is -0.583. The first-order valence-electron chi connectivity index (χ1n) is 7.61. The Balaban J connectivity index is 1.96. The van der Waals surface area contributed by atoms with E-state index in [-0.39, 0.29) is 17.6 Å². The fraction of sp³-hybridized carbons (Fsp3) is 0.222. The van der Waals surface area contributed by atoms with E-state index in [1.165, 1.54) is 29.5 Å². The molecule has 1 atom stereocenters. The molecule has 0 aliphatic heterocycles. The van der Waals surface area contributed by atoms with Gasteiger partial charge in [0.1, 0.15) is 11.9 Å². The number of carbonyl (C=O) groups is 2. The van der Waals surface area contributed by atoms with Gasteiger partial charge in [-0.15, -0.1) is 11.3 Å². The molecule has 2 aromatic rings. The topological polar surface area (TPSA) is 58.2 Å². The number of rotatable bonds is 6. The van der Waals surface area contributed by atoms with Crippen molar-refractivity contribution in [2.75, 3.05) is 6.54 Å². The number of benzene rings is 1. The molecular formula is C18H19FN2O2S. The quantitative estimate of drug-likeness (QED) is 0.789. The molecule has 2 rings (SSSR count). The van der Waals surface area contributed by atoms with E-state index in [0.29, 0.717) is 6.54 Å². The maximum atomic E-state index is 12.9. The summed E-state index contributed by atoms with van der Waals surface area (Å²) in [5.41, 5.74) is 0.926. The van der Waals surface area contributed by atoms with E-state index in [2.05, 4.69) is 10.6 Å². The van der Waals surface area contributed by atoms with E-state index in [0.717, 1.165) is 15.3 Å². The molecule has 0 radical (unpaired) electrons. The highest BCUT2D eigenvalue weighted by molar-refractivity contribution is 7.16. The van der Waals surface area contributed by atoms with Gasteiger partial charge in [0.05, 0.1) is 0 Å². The molecule has 0 spiro atoms. The van der Waals surface area contributed by atoms with Crippen molar-refractivity contribution < 1.29 is 14.0 Å². The molecule has 1 heterocycles. The summed E-state index contributed by atoms with van der Waals surface area (Å²) in [7, 11) is 0. The number of nitrogens with one attached hydrogen (secondary N) is 2. The van der Waals surface area contributed by atoms with Crippen LogP contribution in [0.2, 0.25) is 0 Å². The minimum absolute atomic E-state index is 0.214. The highest BCUT2D eigenvalue weighted by Gasteiger charge is 2.12. The SMILES string of the molecule is CCNC(=O)C(C)NC(=O)C=Cc1ccc(-c2ccc(F)cc2)s1. The van der Waals surface area contributed by atoms with E-state index in [4.69, 9.17) is 0 Å². The molecule has 0 aliphatic rings. The molecule has 4 nitrogen and oxygen atoms in total. The number of thiophene rings is 1. The Morgan fingerprint density at radius 2 is 1.92 bits per heavy atom. The molecule has 24 heavy (non-hydrogen) atoms. The van der Waals surface area contributed by atoms with Gasteiger partial charge < -0.3 is 10.6 Å². The summed E-state index contributed by atoms with van der Waals surface area (Å²) in [6, 6.07) is 9.50. The van der Waals surface area contributed by atoms with Gasteiger partial charge >= 0.3 is 0 Å². The van der Waals surface area contributed by atoms with E-state index >= 15 is 0 Å². The summed E-state index contributed by atoms with van der Waals surface area (Å²) in [6.07, 6.45) is 3.09. The Hall–Kier alpha value is -2.47. The summed E-state index contributed by atoms with van der Waals surface area (Å²) in [6.45, 7) is 3.98. The zero-order valence-electron chi connectivity index (χ0n) is 13.5. The Morgan fingerprint density at radius 1 is 1.21 bits per heavy atom. The number of likely N-dealkylation sites (N-methyl/N-ethyl adjacent to an activating group) is 1. The predicted octanol–water partition coefficient (Wildman–Crippen LogP) is 3.21. The maximum Gasteiger partial charge on any atom is 0.244 e. The van der Waals surface area contributed by atoms with Gasteiger partial charge in [0.25, 0.3) is 0 Å². The Kier molecular flexibility index (Phi) is 6.26. The average Bonchev–Trinajstić information content (AvgIpc) is 3.03. The van der Waals surface area contributed by atoms with E-state index in [1.54, 1.807) is 25.1 Å². The highest BCUT2D eigenvalue weighted by Crippen LogP contribution is 2.28. The first-order chi connectivity index (χ1) is 11.5.